The van der Waals surface area contributed by atoms with E-state index in [1.807, 2.05) is 6.92 Å². The van der Waals surface area contributed by atoms with Crippen molar-refractivity contribution in [2.45, 2.75) is 38.4 Å². The maximum absolute atomic E-state index is 11.8. The average Bonchev–Trinajstić information content (AvgIpc) is 2.77. The summed E-state index contributed by atoms with van der Waals surface area (Å²) in [6, 6.07) is 0. The molecule has 0 spiro atoms. The quantitative estimate of drug-likeness (QED) is 0.527. The van der Waals surface area contributed by atoms with Gasteiger partial charge in [-0.05, 0) is 25.2 Å². The minimum Gasteiger partial charge on any atom is -0.461 e. The Morgan fingerprint density at radius 2 is 2.06 bits per heavy atom. The molecule has 1 aliphatic heterocycles. The molecule has 0 aromatic heterocycles. The molecule has 3 fully saturated rings. The molecule has 3 nitrogen and oxygen atoms in total. The summed E-state index contributed by atoms with van der Waals surface area (Å²) < 4.78 is 5.56. The second-order valence-corrected chi connectivity index (χ2v) is 6.03. The molecule has 2 aliphatic carbocycles. The van der Waals surface area contributed by atoms with Crippen LogP contribution in [0.1, 0.15) is 26.2 Å². The molecule has 0 unspecified atom stereocenters. The number of aliphatic hydroxyl groups excluding tert-OH is 1. The van der Waals surface area contributed by atoms with Gasteiger partial charge in [-0.25, -0.2) is 0 Å². The summed E-state index contributed by atoms with van der Waals surface area (Å²) in [5.41, 5.74) is 2.26. The Hall–Kier alpha value is -1.09. The van der Waals surface area contributed by atoms with Gasteiger partial charge in [0.25, 0.3) is 0 Å². The van der Waals surface area contributed by atoms with Gasteiger partial charge in [0.2, 0.25) is 0 Å². The smallest absolute Gasteiger partial charge is 0.309 e. The summed E-state index contributed by atoms with van der Waals surface area (Å²) in [7, 11) is 0. The van der Waals surface area contributed by atoms with Gasteiger partial charge in [-0.3, -0.25) is 4.79 Å². The van der Waals surface area contributed by atoms with E-state index in [4.69, 9.17) is 4.74 Å². The first-order valence-corrected chi connectivity index (χ1v) is 6.74. The predicted octanol–water partition coefficient (Wildman–Crippen LogP) is 2.07. The van der Waals surface area contributed by atoms with E-state index in [0.29, 0.717) is 12.3 Å². The maximum Gasteiger partial charge on any atom is 0.309 e. The molecule has 1 heterocycles. The van der Waals surface area contributed by atoms with Crippen molar-refractivity contribution in [1.82, 2.24) is 0 Å². The van der Waals surface area contributed by atoms with Crippen LogP contribution in [0.15, 0.2) is 24.3 Å². The summed E-state index contributed by atoms with van der Waals surface area (Å²) in [4.78, 5) is 11.8. The second kappa shape index (κ2) is 3.95. The van der Waals surface area contributed by atoms with Crippen LogP contribution in [0.4, 0.5) is 0 Å². The van der Waals surface area contributed by atoms with E-state index in [-0.39, 0.29) is 29.8 Å². The van der Waals surface area contributed by atoms with E-state index in [1.54, 1.807) is 0 Å². The maximum atomic E-state index is 11.8. The van der Waals surface area contributed by atoms with Crippen molar-refractivity contribution < 1.29 is 14.6 Å². The van der Waals surface area contributed by atoms with Gasteiger partial charge in [-0.2, -0.15) is 0 Å². The Morgan fingerprint density at radius 1 is 1.33 bits per heavy atom. The van der Waals surface area contributed by atoms with E-state index in [9.17, 15) is 9.90 Å². The van der Waals surface area contributed by atoms with E-state index < -0.39 is 6.10 Å². The molecule has 0 aromatic carbocycles. The molecule has 3 heteroatoms. The lowest BCUT2D eigenvalue weighted by Gasteiger charge is -2.27. The Labute approximate surface area is 108 Å². The molecule has 6 atom stereocenters. The van der Waals surface area contributed by atoms with Gasteiger partial charge in [0.05, 0.1) is 12.0 Å². The number of rotatable bonds is 0. The number of hydrogen-bond donors (Lipinski definition) is 1. The number of esters is 1. The van der Waals surface area contributed by atoms with Crippen LogP contribution in [0.5, 0.6) is 0 Å². The van der Waals surface area contributed by atoms with Crippen LogP contribution in [0, 0.1) is 23.7 Å². The van der Waals surface area contributed by atoms with Gasteiger partial charge < -0.3 is 9.84 Å². The molecule has 2 saturated carbocycles. The third kappa shape index (κ3) is 1.50. The van der Waals surface area contributed by atoms with Gasteiger partial charge in [0, 0.05) is 11.8 Å². The summed E-state index contributed by atoms with van der Waals surface area (Å²) in [6.07, 6.45) is 1.91. The minimum atomic E-state index is -0.512. The SMILES string of the molecule is C=C1CC[C@H]2C(=C)C[C@H](O)[C@@H]3[C@H](OC(=O)[C@H]3C)[C@@H]12. The molecule has 0 bridgehead atoms. The standard InChI is InChI=1S/C15H20O3/c1-7-4-5-10-8(2)6-11(16)13-9(3)15(17)18-14(13)12(7)10/h9-14,16H,1-2,4-6H2,3H3/t9-,10-,11-,12-,13+,14+/m0/s1. The van der Waals surface area contributed by atoms with E-state index in [2.05, 4.69) is 13.2 Å². The van der Waals surface area contributed by atoms with Crippen molar-refractivity contribution in [3.8, 4) is 0 Å². The minimum absolute atomic E-state index is 0.0981. The van der Waals surface area contributed by atoms with Crippen molar-refractivity contribution in [3.63, 3.8) is 0 Å². The van der Waals surface area contributed by atoms with Gasteiger partial charge in [0.1, 0.15) is 6.10 Å². The highest BCUT2D eigenvalue weighted by atomic mass is 16.6. The molecule has 0 amide bonds. The molecule has 0 aromatic rings. The zero-order chi connectivity index (χ0) is 13.0. The van der Waals surface area contributed by atoms with Crippen LogP contribution in [0.25, 0.3) is 0 Å². The summed E-state index contributed by atoms with van der Waals surface area (Å²) in [5, 5.41) is 10.3. The van der Waals surface area contributed by atoms with Crippen LogP contribution in [-0.4, -0.2) is 23.3 Å². The zero-order valence-electron chi connectivity index (χ0n) is 10.8. The topological polar surface area (TPSA) is 46.5 Å². The number of fused-ring (bicyclic) bond motifs is 3. The Morgan fingerprint density at radius 3 is 2.78 bits per heavy atom. The molecule has 1 saturated heterocycles. The van der Waals surface area contributed by atoms with Crippen LogP contribution < -0.4 is 0 Å². The van der Waals surface area contributed by atoms with Crippen molar-refractivity contribution in [2.75, 3.05) is 0 Å². The highest BCUT2D eigenvalue weighted by Crippen LogP contribution is 2.52. The lowest BCUT2D eigenvalue weighted by atomic mass is 9.79. The molecular weight excluding hydrogens is 228 g/mol. The monoisotopic (exact) mass is 248 g/mol. The fourth-order valence-corrected chi connectivity index (χ4v) is 4.07. The number of carbonyl (C=O) groups excluding carboxylic acids is 1. The summed E-state index contributed by atoms with van der Waals surface area (Å²) >= 11 is 0. The highest BCUT2D eigenvalue weighted by molar-refractivity contribution is 5.75. The number of ether oxygens (including phenoxy) is 1. The molecule has 1 N–H and O–H groups in total. The van der Waals surface area contributed by atoms with Gasteiger partial charge in [-0.15, -0.1) is 0 Å². The second-order valence-electron chi connectivity index (χ2n) is 6.03. The first kappa shape index (κ1) is 12.0. The predicted molar refractivity (Wildman–Crippen MR) is 67.7 cm³/mol. The first-order chi connectivity index (χ1) is 8.50. The third-order valence-corrected chi connectivity index (χ3v) is 5.06. The summed E-state index contributed by atoms with van der Waals surface area (Å²) in [6.45, 7) is 10.1. The van der Waals surface area contributed by atoms with Crippen molar-refractivity contribution in [3.05, 3.63) is 24.3 Å². The van der Waals surface area contributed by atoms with E-state index in [0.717, 1.165) is 24.0 Å². The van der Waals surface area contributed by atoms with Crippen LogP contribution in [-0.2, 0) is 9.53 Å². The highest BCUT2D eigenvalue weighted by Gasteiger charge is 2.54. The van der Waals surface area contributed by atoms with Crippen LogP contribution >= 0.6 is 0 Å². The molecule has 18 heavy (non-hydrogen) atoms. The molecular formula is C15H20O3. The normalized spacial score (nSPS) is 47.6. The van der Waals surface area contributed by atoms with Crippen molar-refractivity contribution in [2.24, 2.45) is 23.7 Å². The van der Waals surface area contributed by atoms with E-state index in [1.165, 1.54) is 0 Å². The van der Waals surface area contributed by atoms with Gasteiger partial charge in [-0.1, -0.05) is 31.2 Å². The largest absolute Gasteiger partial charge is 0.461 e. The van der Waals surface area contributed by atoms with Crippen LogP contribution in [0.2, 0.25) is 0 Å². The van der Waals surface area contributed by atoms with Gasteiger partial charge in [0.15, 0.2) is 0 Å². The summed E-state index contributed by atoms with van der Waals surface area (Å²) in [5.74, 6) is 0.0212. The Kier molecular flexibility index (Phi) is 2.63. The number of aliphatic hydroxyl groups is 1. The zero-order valence-corrected chi connectivity index (χ0v) is 10.8. The van der Waals surface area contributed by atoms with E-state index >= 15 is 0 Å². The molecule has 3 aliphatic rings. The van der Waals surface area contributed by atoms with Gasteiger partial charge >= 0.3 is 5.97 Å². The fourth-order valence-electron chi connectivity index (χ4n) is 4.07. The fraction of sp³-hybridized carbons (Fsp3) is 0.667. The number of carbonyl (C=O) groups is 1. The third-order valence-electron chi connectivity index (χ3n) is 5.06. The number of hydrogen-bond acceptors (Lipinski definition) is 3. The molecule has 3 rings (SSSR count). The first-order valence-electron chi connectivity index (χ1n) is 6.74. The lowest BCUT2D eigenvalue weighted by molar-refractivity contribution is -0.145. The van der Waals surface area contributed by atoms with Crippen molar-refractivity contribution >= 4 is 5.97 Å². The average molecular weight is 248 g/mol. The molecule has 0 radical (unpaired) electrons. The Bertz CT molecular complexity index is 425. The Balaban J connectivity index is 2.02. The lowest BCUT2D eigenvalue weighted by Crippen LogP contribution is -2.35. The van der Waals surface area contributed by atoms with Crippen molar-refractivity contribution in [1.29, 1.82) is 0 Å². The molecule has 98 valence electrons. The van der Waals surface area contributed by atoms with Crippen LogP contribution in [0.3, 0.4) is 0 Å².